The Bertz CT molecular complexity index is 471. The van der Waals surface area contributed by atoms with E-state index in [1.54, 1.807) is 21.0 Å². The maximum atomic E-state index is 11.8. The summed E-state index contributed by atoms with van der Waals surface area (Å²) in [5.74, 6) is -1.30. The Kier molecular flexibility index (Phi) is 4.14. The fraction of sp³-hybridized carbons (Fsp3) is 0.333. The lowest BCUT2D eigenvalue weighted by Crippen LogP contribution is -2.44. The largest absolute Gasteiger partial charge is 0.508 e. The van der Waals surface area contributed by atoms with Crippen LogP contribution in [-0.4, -0.2) is 47.1 Å². The molecule has 6 heteroatoms. The van der Waals surface area contributed by atoms with Crippen molar-refractivity contribution < 1.29 is 19.8 Å². The molecule has 0 radical (unpaired) electrons. The summed E-state index contributed by atoms with van der Waals surface area (Å²) in [6, 6.07) is 2.94. The lowest BCUT2D eigenvalue weighted by molar-refractivity contribution is -0.130. The summed E-state index contributed by atoms with van der Waals surface area (Å²) in [5.41, 5.74) is 0.00575. The van der Waals surface area contributed by atoms with Crippen LogP contribution in [0, 0.1) is 0 Å². The van der Waals surface area contributed by atoms with Crippen molar-refractivity contribution in [2.24, 2.45) is 0 Å². The van der Waals surface area contributed by atoms with Crippen LogP contribution in [0.5, 0.6) is 11.5 Å². The van der Waals surface area contributed by atoms with E-state index in [2.05, 4.69) is 5.32 Å². The number of rotatable bonds is 3. The molecular weight excluding hydrogens is 236 g/mol. The van der Waals surface area contributed by atoms with Crippen LogP contribution in [-0.2, 0) is 4.79 Å². The predicted molar refractivity (Wildman–Crippen MR) is 65.4 cm³/mol. The molecule has 0 saturated heterocycles. The molecule has 0 aliphatic rings. The van der Waals surface area contributed by atoms with Crippen LogP contribution < -0.4 is 5.32 Å². The molecule has 1 atom stereocenters. The Morgan fingerprint density at radius 3 is 2.39 bits per heavy atom. The molecular formula is C12H16N2O4. The molecule has 98 valence electrons. The van der Waals surface area contributed by atoms with Crippen LogP contribution in [0.25, 0.3) is 0 Å². The smallest absolute Gasteiger partial charge is 0.255 e. The molecule has 18 heavy (non-hydrogen) atoms. The molecule has 1 unspecified atom stereocenters. The second kappa shape index (κ2) is 5.39. The summed E-state index contributed by atoms with van der Waals surface area (Å²) in [5, 5.41) is 21.1. The molecule has 0 aromatic heterocycles. The lowest BCUT2D eigenvalue weighted by atomic mass is 10.1. The third-order valence-corrected chi connectivity index (χ3v) is 2.38. The maximum Gasteiger partial charge on any atom is 0.255 e. The predicted octanol–water partition coefficient (Wildman–Crippen LogP) is 0.304. The Morgan fingerprint density at radius 2 is 1.89 bits per heavy atom. The molecule has 0 saturated carbocycles. The summed E-state index contributed by atoms with van der Waals surface area (Å²) in [6.45, 7) is 1.55. The molecule has 1 aromatic carbocycles. The maximum absolute atomic E-state index is 11.8. The van der Waals surface area contributed by atoms with Crippen LogP contribution in [0.15, 0.2) is 18.2 Å². The molecule has 0 spiro atoms. The van der Waals surface area contributed by atoms with Gasteiger partial charge in [-0.3, -0.25) is 9.59 Å². The van der Waals surface area contributed by atoms with Gasteiger partial charge in [0.25, 0.3) is 5.91 Å². The van der Waals surface area contributed by atoms with E-state index in [1.165, 1.54) is 17.0 Å². The average molecular weight is 252 g/mol. The fourth-order valence-corrected chi connectivity index (χ4v) is 1.44. The number of carbonyl (C=O) groups excluding carboxylic acids is 2. The van der Waals surface area contributed by atoms with Gasteiger partial charge in [-0.2, -0.15) is 0 Å². The van der Waals surface area contributed by atoms with Crippen molar-refractivity contribution in [3.8, 4) is 11.5 Å². The van der Waals surface area contributed by atoms with Crippen molar-refractivity contribution in [3.05, 3.63) is 23.8 Å². The van der Waals surface area contributed by atoms with Gasteiger partial charge < -0.3 is 20.4 Å². The molecule has 0 heterocycles. The second-order valence-electron chi connectivity index (χ2n) is 4.13. The van der Waals surface area contributed by atoms with Crippen LogP contribution in [0.2, 0.25) is 0 Å². The standard InChI is InChI=1S/C12H16N2O4/c1-7(12(18)14(2)3)13-11(17)9-5-4-8(15)6-10(9)16/h4-7,15-16H,1-3H3,(H,13,17). The lowest BCUT2D eigenvalue weighted by Gasteiger charge is -2.18. The summed E-state index contributed by atoms with van der Waals surface area (Å²) < 4.78 is 0. The molecule has 3 N–H and O–H groups in total. The summed E-state index contributed by atoms with van der Waals surface area (Å²) in [7, 11) is 3.17. The highest BCUT2D eigenvalue weighted by Crippen LogP contribution is 2.22. The first-order chi connectivity index (χ1) is 8.32. The zero-order valence-electron chi connectivity index (χ0n) is 10.5. The summed E-state index contributed by atoms with van der Waals surface area (Å²) in [4.78, 5) is 24.7. The van der Waals surface area contributed by atoms with E-state index < -0.39 is 11.9 Å². The van der Waals surface area contributed by atoms with Crippen molar-refractivity contribution in [2.75, 3.05) is 14.1 Å². The van der Waals surface area contributed by atoms with Gasteiger partial charge in [-0.25, -0.2) is 0 Å². The van der Waals surface area contributed by atoms with E-state index in [4.69, 9.17) is 5.11 Å². The number of benzene rings is 1. The molecule has 6 nitrogen and oxygen atoms in total. The van der Waals surface area contributed by atoms with Gasteiger partial charge in [0.1, 0.15) is 17.5 Å². The number of hydrogen-bond donors (Lipinski definition) is 3. The van der Waals surface area contributed by atoms with E-state index in [0.717, 1.165) is 6.07 Å². The number of nitrogens with one attached hydrogen (secondary N) is 1. The third kappa shape index (κ3) is 3.13. The minimum absolute atomic E-state index is 0.00575. The Morgan fingerprint density at radius 1 is 1.28 bits per heavy atom. The molecule has 0 fully saturated rings. The number of phenols is 2. The molecule has 2 amide bonds. The SMILES string of the molecule is CC(NC(=O)c1ccc(O)cc1O)C(=O)N(C)C. The minimum atomic E-state index is -0.694. The summed E-state index contributed by atoms with van der Waals surface area (Å²) in [6.07, 6.45) is 0. The van der Waals surface area contributed by atoms with Gasteiger partial charge in [0.05, 0.1) is 5.56 Å². The van der Waals surface area contributed by atoms with E-state index in [9.17, 15) is 14.7 Å². The highest BCUT2D eigenvalue weighted by molar-refractivity contribution is 5.99. The molecule has 1 rings (SSSR count). The second-order valence-corrected chi connectivity index (χ2v) is 4.13. The van der Waals surface area contributed by atoms with Crippen molar-refractivity contribution in [2.45, 2.75) is 13.0 Å². The highest BCUT2D eigenvalue weighted by atomic mass is 16.3. The van der Waals surface area contributed by atoms with Gasteiger partial charge in [0.15, 0.2) is 0 Å². The minimum Gasteiger partial charge on any atom is -0.508 e. The number of hydrogen-bond acceptors (Lipinski definition) is 4. The van der Waals surface area contributed by atoms with Crippen LogP contribution >= 0.6 is 0 Å². The Labute approximate surface area is 105 Å². The van der Waals surface area contributed by atoms with E-state index >= 15 is 0 Å². The zero-order valence-corrected chi connectivity index (χ0v) is 10.5. The van der Waals surface area contributed by atoms with Gasteiger partial charge in [0, 0.05) is 20.2 Å². The topological polar surface area (TPSA) is 89.9 Å². The Hall–Kier alpha value is -2.24. The molecule has 1 aromatic rings. The first-order valence-corrected chi connectivity index (χ1v) is 5.37. The van der Waals surface area contributed by atoms with Crippen LogP contribution in [0.3, 0.4) is 0 Å². The summed E-state index contributed by atoms with van der Waals surface area (Å²) >= 11 is 0. The molecule has 0 aliphatic carbocycles. The van der Waals surface area contributed by atoms with Crippen LogP contribution in [0.4, 0.5) is 0 Å². The normalized spacial score (nSPS) is 11.7. The number of nitrogens with zero attached hydrogens (tertiary/aromatic N) is 1. The zero-order chi connectivity index (χ0) is 13.9. The molecule has 0 aliphatic heterocycles. The fourth-order valence-electron chi connectivity index (χ4n) is 1.44. The quantitative estimate of drug-likeness (QED) is 0.722. The number of carbonyl (C=O) groups is 2. The monoisotopic (exact) mass is 252 g/mol. The van der Waals surface area contributed by atoms with Gasteiger partial charge in [-0.1, -0.05) is 0 Å². The molecule has 0 bridgehead atoms. The number of likely N-dealkylation sites (N-methyl/N-ethyl adjacent to an activating group) is 1. The average Bonchev–Trinajstić information content (AvgIpc) is 2.27. The van der Waals surface area contributed by atoms with Crippen molar-refractivity contribution in [3.63, 3.8) is 0 Å². The van der Waals surface area contributed by atoms with E-state index in [-0.39, 0.29) is 23.0 Å². The van der Waals surface area contributed by atoms with Crippen molar-refractivity contribution >= 4 is 11.8 Å². The third-order valence-electron chi connectivity index (χ3n) is 2.38. The first-order valence-electron chi connectivity index (χ1n) is 5.37. The van der Waals surface area contributed by atoms with Crippen molar-refractivity contribution in [1.82, 2.24) is 10.2 Å². The Balaban J connectivity index is 2.80. The van der Waals surface area contributed by atoms with Gasteiger partial charge in [0.2, 0.25) is 5.91 Å². The number of amides is 2. The number of phenolic OH excluding ortho intramolecular Hbond substituents is 2. The van der Waals surface area contributed by atoms with Gasteiger partial charge >= 0.3 is 0 Å². The van der Waals surface area contributed by atoms with E-state index in [0.29, 0.717) is 0 Å². The van der Waals surface area contributed by atoms with Gasteiger partial charge in [-0.05, 0) is 19.1 Å². The number of aromatic hydroxyl groups is 2. The van der Waals surface area contributed by atoms with Crippen molar-refractivity contribution in [1.29, 1.82) is 0 Å². The van der Waals surface area contributed by atoms with E-state index in [1.807, 2.05) is 0 Å². The first kappa shape index (κ1) is 13.8. The highest BCUT2D eigenvalue weighted by Gasteiger charge is 2.19. The van der Waals surface area contributed by atoms with Crippen LogP contribution in [0.1, 0.15) is 17.3 Å². The van der Waals surface area contributed by atoms with Gasteiger partial charge in [-0.15, -0.1) is 0 Å².